The maximum absolute atomic E-state index is 5.74. The summed E-state index contributed by atoms with van der Waals surface area (Å²) in [6.07, 6.45) is 0. The standard InChI is InChI=1S/C14H15NOS/c1-2-16-12-6-8-13(9-7-12)17-14-5-3-4-11(15)10-14/h3-10H,2,15H2,1H3. The van der Waals surface area contributed by atoms with E-state index in [2.05, 4.69) is 18.2 Å². The quantitative estimate of drug-likeness (QED) is 0.832. The fourth-order valence-corrected chi connectivity index (χ4v) is 2.37. The van der Waals surface area contributed by atoms with E-state index in [0.717, 1.165) is 16.3 Å². The molecule has 3 heteroatoms. The van der Waals surface area contributed by atoms with Gasteiger partial charge in [-0.2, -0.15) is 0 Å². The zero-order chi connectivity index (χ0) is 12.1. The Morgan fingerprint density at radius 2 is 1.82 bits per heavy atom. The van der Waals surface area contributed by atoms with Crippen molar-refractivity contribution in [1.82, 2.24) is 0 Å². The molecular formula is C14H15NOS. The molecule has 2 aromatic carbocycles. The van der Waals surface area contributed by atoms with Gasteiger partial charge in [-0.15, -0.1) is 0 Å². The van der Waals surface area contributed by atoms with E-state index in [1.165, 1.54) is 4.90 Å². The first-order chi connectivity index (χ1) is 8.28. The van der Waals surface area contributed by atoms with Crippen molar-refractivity contribution in [2.75, 3.05) is 12.3 Å². The Balaban J connectivity index is 2.08. The molecule has 2 rings (SSSR count). The van der Waals surface area contributed by atoms with E-state index in [4.69, 9.17) is 10.5 Å². The molecule has 0 fully saturated rings. The van der Waals surface area contributed by atoms with Gasteiger partial charge >= 0.3 is 0 Å². The molecule has 0 aromatic heterocycles. The summed E-state index contributed by atoms with van der Waals surface area (Å²) in [6.45, 7) is 2.68. The molecule has 0 unspecified atom stereocenters. The highest BCUT2D eigenvalue weighted by Gasteiger charge is 1.98. The molecule has 88 valence electrons. The Morgan fingerprint density at radius 1 is 1.06 bits per heavy atom. The Kier molecular flexibility index (Phi) is 3.94. The highest BCUT2D eigenvalue weighted by molar-refractivity contribution is 7.99. The summed E-state index contributed by atoms with van der Waals surface area (Å²) in [6, 6.07) is 16.0. The van der Waals surface area contributed by atoms with Crippen LogP contribution in [0.25, 0.3) is 0 Å². The Morgan fingerprint density at radius 3 is 2.47 bits per heavy atom. The van der Waals surface area contributed by atoms with Gasteiger partial charge in [-0.3, -0.25) is 0 Å². The predicted molar refractivity (Wildman–Crippen MR) is 72.6 cm³/mol. The van der Waals surface area contributed by atoms with Gasteiger partial charge in [0.25, 0.3) is 0 Å². The van der Waals surface area contributed by atoms with Gasteiger partial charge in [-0.25, -0.2) is 0 Å². The van der Waals surface area contributed by atoms with Gasteiger partial charge in [0.2, 0.25) is 0 Å². The molecule has 0 aliphatic rings. The van der Waals surface area contributed by atoms with Crippen molar-refractivity contribution in [3.8, 4) is 5.75 Å². The van der Waals surface area contributed by atoms with Crippen molar-refractivity contribution in [2.24, 2.45) is 0 Å². The van der Waals surface area contributed by atoms with Crippen LogP contribution >= 0.6 is 11.8 Å². The number of benzene rings is 2. The van der Waals surface area contributed by atoms with Gasteiger partial charge in [0.15, 0.2) is 0 Å². The number of nitrogens with two attached hydrogens (primary N) is 1. The van der Waals surface area contributed by atoms with E-state index in [1.807, 2.05) is 37.3 Å². The summed E-state index contributed by atoms with van der Waals surface area (Å²) in [5.74, 6) is 0.907. The third kappa shape index (κ3) is 3.43. The Labute approximate surface area is 106 Å². The van der Waals surface area contributed by atoms with Gasteiger partial charge < -0.3 is 10.5 Å². The van der Waals surface area contributed by atoms with Crippen molar-refractivity contribution in [1.29, 1.82) is 0 Å². The third-order valence-electron chi connectivity index (χ3n) is 2.23. The zero-order valence-corrected chi connectivity index (χ0v) is 10.5. The minimum Gasteiger partial charge on any atom is -0.494 e. The van der Waals surface area contributed by atoms with E-state index < -0.39 is 0 Å². The minimum atomic E-state index is 0.696. The Hall–Kier alpha value is -1.61. The lowest BCUT2D eigenvalue weighted by atomic mass is 10.3. The SMILES string of the molecule is CCOc1ccc(Sc2cccc(N)c2)cc1. The Bertz CT molecular complexity index is 482. The normalized spacial score (nSPS) is 10.2. The summed E-state index contributed by atoms with van der Waals surface area (Å²) in [5.41, 5.74) is 6.54. The molecule has 0 amide bonds. The number of hydrogen-bond acceptors (Lipinski definition) is 3. The lowest BCUT2D eigenvalue weighted by molar-refractivity contribution is 0.340. The fraction of sp³-hybridized carbons (Fsp3) is 0.143. The predicted octanol–water partition coefficient (Wildman–Crippen LogP) is 3.82. The van der Waals surface area contributed by atoms with Crippen molar-refractivity contribution < 1.29 is 4.74 Å². The number of rotatable bonds is 4. The van der Waals surface area contributed by atoms with Crippen LogP contribution in [0.15, 0.2) is 58.3 Å². The van der Waals surface area contributed by atoms with Gasteiger partial charge in [0, 0.05) is 15.5 Å². The third-order valence-corrected chi connectivity index (χ3v) is 3.23. The van der Waals surface area contributed by atoms with Crippen LogP contribution in [0, 0.1) is 0 Å². The molecule has 0 saturated heterocycles. The molecule has 0 aliphatic carbocycles. The zero-order valence-electron chi connectivity index (χ0n) is 9.72. The molecule has 0 aliphatic heterocycles. The average molecular weight is 245 g/mol. The van der Waals surface area contributed by atoms with Crippen LogP contribution in [0.1, 0.15) is 6.92 Å². The van der Waals surface area contributed by atoms with Crippen molar-refractivity contribution >= 4 is 17.4 Å². The molecule has 0 radical (unpaired) electrons. The van der Waals surface area contributed by atoms with Crippen LogP contribution < -0.4 is 10.5 Å². The molecule has 0 heterocycles. The van der Waals surface area contributed by atoms with Crippen LogP contribution in [0.3, 0.4) is 0 Å². The molecule has 2 N–H and O–H groups in total. The van der Waals surface area contributed by atoms with Crippen molar-refractivity contribution in [2.45, 2.75) is 16.7 Å². The molecule has 2 aromatic rings. The van der Waals surface area contributed by atoms with Gasteiger partial charge in [-0.1, -0.05) is 17.8 Å². The number of anilines is 1. The maximum Gasteiger partial charge on any atom is 0.119 e. The van der Waals surface area contributed by atoms with E-state index in [1.54, 1.807) is 11.8 Å². The van der Waals surface area contributed by atoms with E-state index in [0.29, 0.717) is 6.61 Å². The fourth-order valence-electron chi connectivity index (χ4n) is 1.48. The van der Waals surface area contributed by atoms with Crippen LogP contribution in [0.4, 0.5) is 5.69 Å². The minimum absolute atomic E-state index is 0.696. The smallest absolute Gasteiger partial charge is 0.119 e. The summed E-state index contributed by atoms with van der Waals surface area (Å²) in [5, 5.41) is 0. The second-order valence-corrected chi connectivity index (χ2v) is 4.73. The molecule has 17 heavy (non-hydrogen) atoms. The van der Waals surface area contributed by atoms with Crippen molar-refractivity contribution in [3.63, 3.8) is 0 Å². The molecule has 0 atom stereocenters. The van der Waals surface area contributed by atoms with Crippen molar-refractivity contribution in [3.05, 3.63) is 48.5 Å². The van der Waals surface area contributed by atoms with Gasteiger partial charge in [0.1, 0.15) is 5.75 Å². The molecule has 0 bridgehead atoms. The van der Waals surface area contributed by atoms with Crippen LogP contribution in [-0.4, -0.2) is 6.61 Å². The molecule has 0 spiro atoms. The monoisotopic (exact) mass is 245 g/mol. The number of nitrogen functional groups attached to an aromatic ring is 1. The first-order valence-corrected chi connectivity index (χ1v) is 6.36. The molecular weight excluding hydrogens is 230 g/mol. The highest BCUT2D eigenvalue weighted by Crippen LogP contribution is 2.29. The van der Waals surface area contributed by atoms with E-state index in [-0.39, 0.29) is 0 Å². The van der Waals surface area contributed by atoms with Gasteiger partial charge in [-0.05, 0) is 49.4 Å². The van der Waals surface area contributed by atoms with Crippen LogP contribution in [0.5, 0.6) is 5.75 Å². The van der Waals surface area contributed by atoms with E-state index >= 15 is 0 Å². The average Bonchev–Trinajstić information content (AvgIpc) is 2.32. The summed E-state index contributed by atoms with van der Waals surface area (Å²) < 4.78 is 5.40. The maximum atomic E-state index is 5.74. The highest BCUT2D eigenvalue weighted by atomic mass is 32.2. The topological polar surface area (TPSA) is 35.2 Å². The summed E-state index contributed by atoms with van der Waals surface area (Å²) in [4.78, 5) is 2.33. The number of hydrogen-bond donors (Lipinski definition) is 1. The first kappa shape index (κ1) is 11.9. The molecule has 0 saturated carbocycles. The number of ether oxygens (including phenoxy) is 1. The molecule has 2 nitrogen and oxygen atoms in total. The second-order valence-electron chi connectivity index (χ2n) is 3.58. The summed E-state index contributed by atoms with van der Waals surface area (Å²) >= 11 is 1.69. The lowest BCUT2D eigenvalue weighted by Crippen LogP contribution is -1.90. The largest absolute Gasteiger partial charge is 0.494 e. The van der Waals surface area contributed by atoms with Gasteiger partial charge in [0.05, 0.1) is 6.61 Å². The van der Waals surface area contributed by atoms with E-state index in [9.17, 15) is 0 Å². The summed E-state index contributed by atoms with van der Waals surface area (Å²) in [7, 11) is 0. The van der Waals surface area contributed by atoms with Crippen LogP contribution in [0.2, 0.25) is 0 Å². The second kappa shape index (κ2) is 5.64. The lowest BCUT2D eigenvalue weighted by Gasteiger charge is -2.05. The van der Waals surface area contributed by atoms with Crippen LogP contribution in [-0.2, 0) is 0 Å². The first-order valence-electron chi connectivity index (χ1n) is 5.54.